The molecule has 0 aliphatic carbocycles. The van der Waals surface area contributed by atoms with Crippen LogP contribution in [0.15, 0.2) is 48.5 Å². The Balaban J connectivity index is 1.55. The van der Waals surface area contributed by atoms with E-state index in [1.165, 1.54) is 12.1 Å². The third-order valence-electron chi connectivity index (χ3n) is 5.52. The molecule has 2 heterocycles. The number of fused-ring (bicyclic) bond motifs is 1. The Labute approximate surface area is 187 Å². The maximum atomic E-state index is 13.1. The highest BCUT2D eigenvalue weighted by atomic mass is 16.6. The smallest absolute Gasteiger partial charge is 0.344 e. The average molecular weight is 453 g/mol. The number of hydrogen-bond donors (Lipinski definition) is 2. The van der Waals surface area contributed by atoms with Gasteiger partial charge in [0.05, 0.1) is 10.6 Å². The molecule has 12 heteroatoms. The lowest BCUT2D eigenvalue weighted by molar-refractivity contribution is -0.384. The number of carbonyl (C=O) groups excluding carboxylic acids is 4. The van der Waals surface area contributed by atoms with Crippen LogP contribution in [0.1, 0.15) is 18.9 Å². The average Bonchev–Trinajstić information content (AvgIpc) is 3.06. The Bertz CT molecular complexity index is 1170. The molecule has 0 aromatic heterocycles. The Morgan fingerprint density at radius 3 is 2.61 bits per heavy atom. The molecule has 4 rings (SSSR count). The number of nitrogens with one attached hydrogen (secondary N) is 2. The summed E-state index contributed by atoms with van der Waals surface area (Å²) in [6.07, 6.45) is 0.243. The van der Waals surface area contributed by atoms with Gasteiger partial charge in [-0.15, -0.1) is 0 Å². The van der Waals surface area contributed by atoms with E-state index in [2.05, 4.69) is 10.7 Å². The number of benzene rings is 2. The molecule has 1 atom stereocenters. The molecule has 2 N–H and O–H groups in total. The molecule has 12 nitrogen and oxygen atoms in total. The minimum Gasteiger partial charge on any atom is -0.482 e. The van der Waals surface area contributed by atoms with Gasteiger partial charge >= 0.3 is 6.03 Å². The Hall–Kier alpha value is -4.48. The number of non-ortho nitro benzene ring substituents is 1. The van der Waals surface area contributed by atoms with E-state index in [4.69, 9.17) is 4.74 Å². The van der Waals surface area contributed by atoms with E-state index in [9.17, 15) is 29.3 Å². The molecule has 170 valence electrons. The summed E-state index contributed by atoms with van der Waals surface area (Å²) in [4.78, 5) is 62.2. The SMILES string of the molecule is CCC1(c2ccccc2)NC(=O)N(NC(=O)CN2C(=O)COc3ccc([N+](=O)[O-])cc32)C1=O. The molecular formula is C21H19N5O7. The number of urea groups is 1. The highest BCUT2D eigenvalue weighted by Gasteiger charge is 2.52. The molecule has 1 unspecified atom stereocenters. The van der Waals surface area contributed by atoms with Crippen LogP contribution in [0.3, 0.4) is 0 Å². The van der Waals surface area contributed by atoms with E-state index in [0.717, 1.165) is 11.0 Å². The first-order valence-electron chi connectivity index (χ1n) is 10.00. The number of nitrogens with zero attached hydrogens (tertiary/aromatic N) is 3. The predicted octanol–water partition coefficient (Wildman–Crippen LogP) is 1.21. The molecule has 0 bridgehead atoms. The maximum absolute atomic E-state index is 13.1. The van der Waals surface area contributed by atoms with Crippen molar-refractivity contribution in [2.24, 2.45) is 0 Å². The summed E-state index contributed by atoms with van der Waals surface area (Å²) in [5.74, 6) is -1.93. The number of carbonyl (C=O) groups is 4. The quantitative estimate of drug-likeness (QED) is 0.379. The summed E-state index contributed by atoms with van der Waals surface area (Å²) < 4.78 is 5.27. The fourth-order valence-corrected chi connectivity index (χ4v) is 3.82. The van der Waals surface area contributed by atoms with Crippen LogP contribution in [-0.4, -0.2) is 46.8 Å². The van der Waals surface area contributed by atoms with Crippen molar-refractivity contribution in [2.75, 3.05) is 18.1 Å². The summed E-state index contributed by atoms with van der Waals surface area (Å²) in [6.45, 7) is 0.777. The molecule has 0 radical (unpaired) electrons. The number of nitro groups is 1. The zero-order valence-corrected chi connectivity index (χ0v) is 17.4. The van der Waals surface area contributed by atoms with Crippen LogP contribution in [0.25, 0.3) is 0 Å². The van der Waals surface area contributed by atoms with Crippen molar-refractivity contribution in [2.45, 2.75) is 18.9 Å². The van der Waals surface area contributed by atoms with Crippen molar-refractivity contribution in [1.82, 2.24) is 15.8 Å². The highest BCUT2D eigenvalue weighted by Crippen LogP contribution is 2.35. The van der Waals surface area contributed by atoms with Gasteiger partial charge in [-0.05, 0) is 18.1 Å². The standard InChI is InChI=1S/C21H19N5O7/c1-2-21(13-6-4-3-5-7-13)19(29)25(20(30)22-21)23-17(27)11-24-15-10-14(26(31)32)8-9-16(15)33-12-18(24)28/h3-10H,2,11-12H2,1H3,(H,22,30)(H,23,27). The van der Waals surface area contributed by atoms with Crippen molar-refractivity contribution >= 4 is 35.1 Å². The van der Waals surface area contributed by atoms with Gasteiger partial charge in [-0.3, -0.25) is 34.8 Å². The van der Waals surface area contributed by atoms with Gasteiger partial charge in [0.1, 0.15) is 17.8 Å². The second kappa shape index (κ2) is 8.22. The van der Waals surface area contributed by atoms with Crippen LogP contribution >= 0.6 is 0 Å². The number of rotatable bonds is 6. The van der Waals surface area contributed by atoms with E-state index < -0.39 is 40.8 Å². The van der Waals surface area contributed by atoms with Gasteiger partial charge in [-0.2, -0.15) is 5.01 Å². The van der Waals surface area contributed by atoms with E-state index in [1.807, 2.05) is 0 Å². The summed E-state index contributed by atoms with van der Waals surface area (Å²) >= 11 is 0. The first-order chi connectivity index (χ1) is 15.8. The summed E-state index contributed by atoms with van der Waals surface area (Å²) in [7, 11) is 0. The van der Waals surface area contributed by atoms with Crippen LogP contribution in [0.2, 0.25) is 0 Å². The third kappa shape index (κ3) is 3.71. The molecule has 5 amide bonds. The first kappa shape index (κ1) is 21.7. The number of hydrazine groups is 1. The van der Waals surface area contributed by atoms with Gasteiger partial charge in [0, 0.05) is 12.1 Å². The Kier molecular flexibility index (Phi) is 5.42. The zero-order chi connectivity index (χ0) is 23.8. The normalized spacial score (nSPS) is 19.6. The first-order valence-corrected chi connectivity index (χ1v) is 10.00. The molecular weight excluding hydrogens is 434 g/mol. The van der Waals surface area contributed by atoms with E-state index in [1.54, 1.807) is 37.3 Å². The molecule has 2 aliphatic heterocycles. The fourth-order valence-electron chi connectivity index (χ4n) is 3.82. The van der Waals surface area contributed by atoms with Crippen LogP contribution in [0.4, 0.5) is 16.2 Å². The molecule has 33 heavy (non-hydrogen) atoms. The van der Waals surface area contributed by atoms with E-state index in [-0.39, 0.29) is 30.2 Å². The van der Waals surface area contributed by atoms with Gasteiger partial charge in [-0.1, -0.05) is 37.3 Å². The molecule has 2 aliphatic rings. The van der Waals surface area contributed by atoms with Crippen LogP contribution in [0.5, 0.6) is 5.75 Å². The number of nitro benzene ring substituents is 1. The van der Waals surface area contributed by atoms with Gasteiger partial charge in [0.2, 0.25) is 0 Å². The van der Waals surface area contributed by atoms with Crippen molar-refractivity contribution in [3.8, 4) is 5.75 Å². The minimum absolute atomic E-state index is 0.0417. The molecule has 0 spiro atoms. The van der Waals surface area contributed by atoms with Crippen molar-refractivity contribution in [3.63, 3.8) is 0 Å². The summed E-state index contributed by atoms with van der Waals surface area (Å²) in [5.41, 5.74) is 1.21. The molecule has 1 saturated heterocycles. The molecule has 0 saturated carbocycles. The Morgan fingerprint density at radius 2 is 1.94 bits per heavy atom. The second-order valence-corrected chi connectivity index (χ2v) is 7.41. The topological polar surface area (TPSA) is 151 Å². The van der Waals surface area contributed by atoms with Crippen LogP contribution < -0.4 is 20.4 Å². The molecule has 1 fully saturated rings. The second-order valence-electron chi connectivity index (χ2n) is 7.41. The highest BCUT2D eigenvalue weighted by molar-refractivity contribution is 6.09. The zero-order valence-electron chi connectivity index (χ0n) is 17.4. The molecule has 2 aromatic rings. The van der Waals surface area contributed by atoms with Gasteiger partial charge in [-0.25, -0.2) is 4.79 Å². The summed E-state index contributed by atoms with van der Waals surface area (Å²) in [6, 6.07) is 11.5. The van der Waals surface area contributed by atoms with Gasteiger partial charge < -0.3 is 10.1 Å². The fraction of sp³-hybridized carbons (Fsp3) is 0.238. The van der Waals surface area contributed by atoms with Crippen molar-refractivity contribution in [1.29, 1.82) is 0 Å². The maximum Gasteiger partial charge on any atom is 0.344 e. The lowest BCUT2D eigenvalue weighted by Gasteiger charge is -2.29. The number of hydrogen-bond acceptors (Lipinski definition) is 7. The predicted molar refractivity (Wildman–Crippen MR) is 113 cm³/mol. The summed E-state index contributed by atoms with van der Waals surface area (Å²) in [5, 5.41) is 14.3. The number of imide groups is 1. The minimum atomic E-state index is -1.34. The Morgan fingerprint density at radius 1 is 1.21 bits per heavy atom. The van der Waals surface area contributed by atoms with E-state index in [0.29, 0.717) is 10.6 Å². The van der Waals surface area contributed by atoms with Crippen molar-refractivity contribution in [3.05, 3.63) is 64.2 Å². The lowest BCUT2D eigenvalue weighted by Crippen LogP contribution is -2.52. The number of amides is 5. The van der Waals surface area contributed by atoms with Crippen LogP contribution in [-0.2, 0) is 19.9 Å². The van der Waals surface area contributed by atoms with Crippen molar-refractivity contribution < 1.29 is 28.8 Å². The van der Waals surface area contributed by atoms with Gasteiger partial charge in [0.25, 0.3) is 23.4 Å². The van der Waals surface area contributed by atoms with Gasteiger partial charge in [0.15, 0.2) is 6.61 Å². The molecule has 2 aromatic carbocycles. The third-order valence-corrected chi connectivity index (χ3v) is 5.52. The van der Waals surface area contributed by atoms with E-state index >= 15 is 0 Å². The monoisotopic (exact) mass is 453 g/mol. The van der Waals surface area contributed by atoms with Crippen LogP contribution in [0, 0.1) is 10.1 Å². The largest absolute Gasteiger partial charge is 0.482 e. The lowest BCUT2D eigenvalue weighted by atomic mass is 9.87. The number of ether oxygens (including phenoxy) is 1. The number of anilines is 1.